The van der Waals surface area contributed by atoms with E-state index >= 15 is 0 Å². The lowest BCUT2D eigenvalue weighted by Crippen LogP contribution is -2.21. The molecule has 0 unspecified atom stereocenters. The molecule has 1 amide bonds. The summed E-state index contributed by atoms with van der Waals surface area (Å²) in [6, 6.07) is 7.38. The number of rotatable bonds is 4. The van der Waals surface area contributed by atoms with E-state index in [1.54, 1.807) is 12.3 Å². The summed E-state index contributed by atoms with van der Waals surface area (Å²) >= 11 is 3.04. The van der Waals surface area contributed by atoms with Crippen LogP contribution in [0.15, 0.2) is 45.8 Å². The van der Waals surface area contributed by atoms with Gasteiger partial charge in [-0.05, 0) is 40.5 Å². The number of pyridine rings is 1. The van der Waals surface area contributed by atoms with Crippen LogP contribution in [0.5, 0.6) is 0 Å². The van der Waals surface area contributed by atoms with E-state index in [1.807, 2.05) is 6.92 Å². The number of benzene rings is 1. The first-order valence-electron chi connectivity index (χ1n) is 6.48. The first-order chi connectivity index (χ1) is 10.0. The highest BCUT2D eigenvalue weighted by atomic mass is 79.9. The van der Waals surface area contributed by atoms with Crippen molar-refractivity contribution in [3.05, 3.63) is 62.7 Å². The van der Waals surface area contributed by atoms with Crippen LogP contribution in [0.2, 0.25) is 0 Å². The Morgan fingerprint density at radius 1 is 1.33 bits per heavy atom. The molecule has 0 saturated heterocycles. The highest BCUT2D eigenvalue weighted by molar-refractivity contribution is 9.10. The summed E-state index contributed by atoms with van der Waals surface area (Å²) in [5.74, 6) is -1.17. The third kappa shape index (κ3) is 3.58. The van der Waals surface area contributed by atoms with Gasteiger partial charge in [-0.25, -0.2) is 4.39 Å². The van der Waals surface area contributed by atoms with E-state index in [0.29, 0.717) is 12.2 Å². The Labute approximate surface area is 129 Å². The van der Waals surface area contributed by atoms with Crippen LogP contribution in [0.25, 0.3) is 0 Å². The Kier molecular flexibility index (Phi) is 4.90. The second-order valence-corrected chi connectivity index (χ2v) is 5.36. The number of anilines is 1. The van der Waals surface area contributed by atoms with E-state index in [2.05, 4.69) is 21.2 Å². The average molecular weight is 353 g/mol. The molecular formula is C15H14BrFN2O2. The van der Waals surface area contributed by atoms with Crippen molar-refractivity contribution in [3.63, 3.8) is 0 Å². The number of aryl methyl sites for hydroxylation is 1. The van der Waals surface area contributed by atoms with E-state index in [-0.39, 0.29) is 15.6 Å². The fourth-order valence-corrected chi connectivity index (χ4v) is 2.26. The maximum absolute atomic E-state index is 13.9. The third-order valence-electron chi connectivity index (χ3n) is 2.90. The van der Waals surface area contributed by atoms with Gasteiger partial charge in [-0.15, -0.1) is 0 Å². The summed E-state index contributed by atoms with van der Waals surface area (Å²) in [6.45, 7) is 2.52. The molecule has 0 radical (unpaired) electrons. The molecule has 1 aromatic carbocycles. The number of hydrogen-bond acceptors (Lipinski definition) is 2. The lowest BCUT2D eigenvalue weighted by molar-refractivity contribution is 0.102. The van der Waals surface area contributed by atoms with Crippen molar-refractivity contribution in [2.24, 2.45) is 0 Å². The largest absolute Gasteiger partial charge is 0.321 e. The molecule has 0 bridgehead atoms. The van der Waals surface area contributed by atoms with Gasteiger partial charge in [0, 0.05) is 18.8 Å². The molecule has 4 nitrogen and oxygen atoms in total. The van der Waals surface area contributed by atoms with Crippen LogP contribution in [0, 0.1) is 5.82 Å². The van der Waals surface area contributed by atoms with Gasteiger partial charge < -0.3 is 9.88 Å². The van der Waals surface area contributed by atoms with Crippen LogP contribution >= 0.6 is 15.9 Å². The standard InChI is InChI=1S/C15H14BrFN2O2/c1-2-8-19-9-10(6-7-13(19)20)18-15(21)11-4-3-5-12(16)14(11)17/h3-7,9H,2,8H2,1H3,(H,18,21). The maximum Gasteiger partial charge on any atom is 0.258 e. The number of nitrogens with zero attached hydrogens (tertiary/aromatic N) is 1. The minimum atomic E-state index is -0.614. The lowest BCUT2D eigenvalue weighted by Gasteiger charge is -2.09. The molecule has 0 saturated carbocycles. The average Bonchev–Trinajstić information content (AvgIpc) is 2.45. The quantitative estimate of drug-likeness (QED) is 0.916. The Balaban J connectivity index is 2.25. The van der Waals surface area contributed by atoms with Crippen molar-refractivity contribution in [1.82, 2.24) is 4.57 Å². The van der Waals surface area contributed by atoms with Crippen molar-refractivity contribution in [3.8, 4) is 0 Å². The molecule has 1 heterocycles. The third-order valence-corrected chi connectivity index (χ3v) is 3.51. The van der Waals surface area contributed by atoms with Gasteiger partial charge in [0.25, 0.3) is 11.5 Å². The highest BCUT2D eigenvalue weighted by Crippen LogP contribution is 2.19. The van der Waals surface area contributed by atoms with Crippen LogP contribution in [0.3, 0.4) is 0 Å². The molecule has 1 aromatic heterocycles. The van der Waals surface area contributed by atoms with Gasteiger partial charge in [-0.2, -0.15) is 0 Å². The number of aromatic nitrogens is 1. The number of halogens is 2. The molecule has 0 fully saturated rings. The molecule has 0 aliphatic rings. The molecule has 110 valence electrons. The summed E-state index contributed by atoms with van der Waals surface area (Å²) in [4.78, 5) is 23.7. The topological polar surface area (TPSA) is 51.1 Å². The molecule has 2 rings (SSSR count). The summed E-state index contributed by atoms with van der Waals surface area (Å²) in [5, 5.41) is 2.59. The second-order valence-electron chi connectivity index (χ2n) is 4.50. The molecule has 1 N–H and O–H groups in total. The lowest BCUT2D eigenvalue weighted by atomic mass is 10.2. The summed E-state index contributed by atoms with van der Waals surface area (Å²) in [6.07, 6.45) is 2.36. The van der Waals surface area contributed by atoms with Crippen LogP contribution in [-0.4, -0.2) is 10.5 Å². The number of hydrogen-bond donors (Lipinski definition) is 1. The normalized spacial score (nSPS) is 10.4. The first kappa shape index (κ1) is 15.4. The summed E-state index contributed by atoms with van der Waals surface area (Å²) < 4.78 is 15.6. The predicted octanol–water partition coefficient (Wildman–Crippen LogP) is 3.41. The fourth-order valence-electron chi connectivity index (χ4n) is 1.90. The van der Waals surface area contributed by atoms with Gasteiger partial charge in [-0.3, -0.25) is 9.59 Å². The van der Waals surface area contributed by atoms with Gasteiger partial charge in [-0.1, -0.05) is 13.0 Å². The number of nitrogens with one attached hydrogen (secondary N) is 1. The molecule has 0 atom stereocenters. The van der Waals surface area contributed by atoms with Crippen molar-refractivity contribution in [1.29, 1.82) is 0 Å². The minimum absolute atomic E-state index is 0.0578. The zero-order chi connectivity index (χ0) is 15.4. The molecule has 0 aliphatic carbocycles. The van der Waals surface area contributed by atoms with Crippen molar-refractivity contribution in [2.75, 3.05) is 5.32 Å². The van der Waals surface area contributed by atoms with E-state index in [0.717, 1.165) is 6.42 Å². The molecule has 0 aliphatic heterocycles. The Morgan fingerprint density at radius 2 is 2.10 bits per heavy atom. The van der Waals surface area contributed by atoms with E-state index in [1.165, 1.54) is 28.8 Å². The van der Waals surface area contributed by atoms with Gasteiger partial charge in [0.2, 0.25) is 0 Å². The van der Waals surface area contributed by atoms with Crippen LogP contribution < -0.4 is 10.9 Å². The Bertz CT molecular complexity index is 728. The van der Waals surface area contributed by atoms with Crippen LogP contribution in [0.4, 0.5) is 10.1 Å². The predicted molar refractivity (Wildman–Crippen MR) is 83.0 cm³/mol. The van der Waals surface area contributed by atoms with E-state index < -0.39 is 11.7 Å². The molecular weight excluding hydrogens is 339 g/mol. The smallest absolute Gasteiger partial charge is 0.258 e. The summed E-state index contributed by atoms with van der Waals surface area (Å²) in [5.41, 5.74) is 0.258. The van der Waals surface area contributed by atoms with Crippen molar-refractivity contribution in [2.45, 2.75) is 19.9 Å². The molecule has 21 heavy (non-hydrogen) atoms. The van der Waals surface area contributed by atoms with Gasteiger partial charge in [0.15, 0.2) is 0 Å². The molecule has 0 spiro atoms. The van der Waals surface area contributed by atoms with Gasteiger partial charge >= 0.3 is 0 Å². The minimum Gasteiger partial charge on any atom is -0.321 e. The number of carbonyl (C=O) groups excluding carboxylic acids is 1. The van der Waals surface area contributed by atoms with Crippen LogP contribution in [-0.2, 0) is 6.54 Å². The van der Waals surface area contributed by atoms with Crippen LogP contribution in [0.1, 0.15) is 23.7 Å². The SMILES string of the molecule is CCCn1cc(NC(=O)c2cccc(Br)c2F)ccc1=O. The zero-order valence-corrected chi connectivity index (χ0v) is 13.0. The summed E-state index contributed by atoms with van der Waals surface area (Å²) in [7, 11) is 0. The Morgan fingerprint density at radius 3 is 2.81 bits per heavy atom. The molecule has 2 aromatic rings. The second kappa shape index (κ2) is 6.67. The highest BCUT2D eigenvalue weighted by Gasteiger charge is 2.14. The van der Waals surface area contributed by atoms with Gasteiger partial charge in [0.05, 0.1) is 15.7 Å². The number of amides is 1. The zero-order valence-electron chi connectivity index (χ0n) is 11.4. The maximum atomic E-state index is 13.9. The number of carbonyl (C=O) groups is 1. The van der Waals surface area contributed by atoms with Gasteiger partial charge in [0.1, 0.15) is 5.82 Å². The first-order valence-corrected chi connectivity index (χ1v) is 7.28. The van der Waals surface area contributed by atoms with E-state index in [4.69, 9.17) is 0 Å². The van der Waals surface area contributed by atoms with Crippen molar-refractivity contribution >= 4 is 27.5 Å². The Hall–Kier alpha value is -1.95. The van der Waals surface area contributed by atoms with E-state index in [9.17, 15) is 14.0 Å². The molecule has 6 heteroatoms. The monoisotopic (exact) mass is 352 g/mol. The van der Waals surface area contributed by atoms with Crippen molar-refractivity contribution < 1.29 is 9.18 Å². The fraction of sp³-hybridized carbons (Fsp3) is 0.200.